The normalized spacial score (nSPS) is 10.6. The van der Waals surface area contributed by atoms with E-state index in [0.29, 0.717) is 18.5 Å². The number of aromatic amines is 1. The number of nitrogens with one attached hydrogen (secondary N) is 3. The minimum absolute atomic E-state index is 0.0559. The summed E-state index contributed by atoms with van der Waals surface area (Å²) in [5, 5.41) is 5.36. The standard InChI is InChI=1S/C19H21FN6O3S/c1-10-5-11(2)13(14(20)6-10)8-29-17-15(16(21)27)18(30-26-17)25-19(28)23-4-3-12-7-22-9-24-12/h5-7,9H,3-4,8H2,1-2H3,(H2,21,27)(H,22,24)(H2,23,25,28). The molecule has 0 fully saturated rings. The first-order valence-electron chi connectivity index (χ1n) is 9.05. The summed E-state index contributed by atoms with van der Waals surface area (Å²) < 4.78 is 23.8. The van der Waals surface area contributed by atoms with E-state index in [1.54, 1.807) is 26.4 Å². The Morgan fingerprint density at radius 1 is 1.33 bits per heavy atom. The highest BCUT2D eigenvalue weighted by atomic mass is 32.1. The van der Waals surface area contributed by atoms with Crippen molar-refractivity contribution in [2.45, 2.75) is 26.9 Å². The smallest absolute Gasteiger partial charge is 0.319 e. The molecule has 0 saturated heterocycles. The predicted octanol–water partition coefficient (Wildman–Crippen LogP) is 2.66. The third-order valence-electron chi connectivity index (χ3n) is 4.29. The average Bonchev–Trinajstić information content (AvgIpc) is 3.31. The topological polar surface area (TPSA) is 135 Å². The zero-order chi connectivity index (χ0) is 21.7. The fourth-order valence-corrected chi connectivity index (χ4v) is 3.56. The van der Waals surface area contributed by atoms with Crippen LogP contribution in [-0.2, 0) is 13.0 Å². The van der Waals surface area contributed by atoms with E-state index in [4.69, 9.17) is 10.5 Å². The van der Waals surface area contributed by atoms with E-state index in [2.05, 4.69) is 25.0 Å². The molecular formula is C19H21FN6O3S. The van der Waals surface area contributed by atoms with Crippen LogP contribution in [-0.4, -0.2) is 32.8 Å². The van der Waals surface area contributed by atoms with E-state index >= 15 is 0 Å². The number of benzene rings is 1. The average molecular weight is 432 g/mol. The lowest BCUT2D eigenvalue weighted by atomic mass is 10.1. The number of aromatic nitrogens is 3. The number of urea groups is 1. The Bertz CT molecular complexity index is 1030. The molecule has 0 spiro atoms. The maximum absolute atomic E-state index is 14.2. The molecule has 0 aliphatic rings. The number of amides is 3. The maximum Gasteiger partial charge on any atom is 0.319 e. The molecule has 2 heterocycles. The Balaban J connectivity index is 1.64. The molecule has 9 nitrogen and oxygen atoms in total. The minimum Gasteiger partial charge on any atom is -0.471 e. The van der Waals surface area contributed by atoms with Crippen LogP contribution in [0.4, 0.5) is 14.2 Å². The molecule has 0 radical (unpaired) electrons. The molecule has 3 aromatic rings. The van der Waals surface area contributed by atoms with Gasteiger partial charge in [0.15, 0.2) is 0 Å². The minimum atomic E-state index is -0.812. The lowest BCUT2D eigenvalue weighted by molar-refractivity contribution is 0.0996. The first-order valence-corrected chi connectivity index (χ1v) is 9.82. The molecule has 0 aliphatic heterocycles. The molecule has 1 aromatic carbocycles. The molecule has 0 aliphatic carbocycles. The number of carbonyl (C=O) groups excluding carboxylic acids is 2. The number of aryl methyl sites for hydroxylation is 2. The quantitative estimate of drug-likeness (QED) is 0.434. The van der Waals surface area contributed by atoms with E-state index in [-0.39, 0.29) is 23.1 Å². The summed E-state index contributed by atoms with van der Waals surface area (Å²) in [4.78, 5) is 30.8. The Morgan fingerprint density at radius 2 is 2.13 bits per heavy atom. The van der Waals surface area contributed by atoms with Gasteiger partial charge in [-0.2, -0.15) is 4.37 Å². The Hall–Kier alpha value is -3.47. The summed E-state index contributed by atoms with van der Waals surface area (Å²) in [5.74, 6) is -1.27. The Kier molecular flexibility index (Phi) is 6.62. The maximum atomic E-state index is 14.2. The van der Waals surface area contributed by atoms with Crippen molar-refractivity contribution < 1.29 is 18.7 Å². The highest BCUT2D eigenvalue weighted by molar-refractivity contribution is 7.11. The second-order valence-corrected chi connectivity index (χ2v) is 7.37. The first-order chi connectivity index (χ1) is 14.3. The van der Waals surface area contributed by atoms with Crippen molar-refractivity contribution in [2.24, 2.45) is 5.73 Å². The van der Waals surface area contributed by atoms with Crippen molar-refractivity contribution in [3.8, 4) is 5.88 Å². The predicted molar refractivity (Wildman–Crippen MR) is 110 cm³/mol. The number of anilines is 1. The Morgan fingerprint density at radius 3 is 2.80 bits per heavy atom. The van der Waals surface area contributed by atoms with Crippen molar-refractivity contribution >= 4 is 28.5 Å². The SMILES string of the molecule is Cc1cc(C)c(COc2nsc(NC(=O)NCCc3cnc[nH]3)c2C(N)=O)c(F)c1. The lowest BCUT2D eigenvalue weighted by Gasteiger charge is -2.10. The van der Waals surface area contributed by atoms with Crippen LogP contribution in [0.15, 0.2) is 24.7 Å². The van der Waals surface area contributed by atoms with Crippen LogP contribution in [0.3, 0.4) is 0 Å². The summed E-state index contributed by atoms with van der Waals surface area (Å²) in [6, 6.07) is 2.72. The van der Waals surface area contributed by atoms with Crippen LogP contribution in [0, 0.1) is 19.7 Å². The summed E-state index contributed by atoms with van der Waals surface area (Å²) in [7, 11) is 0. The molecule has 0 atom stereocenters. The van der Waals surface area contributed by atoms with Crippen LogP contribution >= 0.6 is 11.5 Å². The molecular weight excluding hydrogens is 411 g/mol. The van der Waals surface area contributed by atoms with Crippen LogP contribution in [0.1, 0.15) is 32.7 Å². The molecule has 0 bridgehead atoms. The van der Waals surface area contributed by atoms with Crippen molar-refractivity contribution in [2.75, 3.05) is 11.9 Å². The lowest BCUT2D eigenvalue weighted by Crippen LogP contribution is -2.31. The molecule has 3 rings (SSSR count). The van der Waals surface area contributed by atoms with Crippen molar-refractivity contribution in [3.05, 3.63) is 58.4 Å². The number of hydrogen-bond donors (Lipinski definition) is 4. The monoisotopic (exact) mass is 432 g/mol. The molecule has 5 N–H and O–H groups in total. The summed E-state index contributed by atoms with van der Waals surface area (Å²) >= 11 is 0.852. The van der Waals surface area contributed by atoms with Gasteiger partial charge in [0.05, 0.1) is 6.33 Å². The van der Waals surface area contributed by atoms with E-state index in [9.17, 15) is 14.0 Å². The van der Waals surface area contributed by atoms with Crippen LogP contribution in [0.5, 0.6) is 5.88 Å². The number of primary amides is 1. The fraction of sp³-hybridized carbons (Fsp3) is 0.263. The Labute approximate surface area is 176 Å². The zero-order valence-corrected chi connectivity index (χ0v) is 17.2. The second-order valence-electron chi connectivity index (χ2n) is 6.59. The van der Waals surface area contributed by atoms with E-state index < -0.39 is 17.8 Å². The van der Waals surface area contributed by atoms with Gasteiger partial charge in [-0.25, -0.2) is 14.2 Å². The number of halogens is 1. The van der Waals surface area contributed by atoms with Gasteiger partial charge in [-0.15, -0.1) is 0 Å². The first kappa shape index (κ1) is 21.2. The van der Waals surface area contributed by atoms with E-state index in [0.717, 1.165) is 28.4 Å². The number of ether oxygens (including phenoxy) is 1. The van der Waals surface area contributed by atoms with Gasteiger partial charge >= 0.3 is 6.03 Å². The van der Waals surface area contributed by atoms with Gasteiger partial charge in [0.2, 0.25) is 5.88 Å². The molecule has 30 heavy (non-hydrogen) atoms. The largest absolute Gasteiger partial charge is 0.471 e. The van der Waals surface area contributed by atoms with E-state index in [1.807, 2.05) is 6.07 Å². The van der Waals surface area contributed by atoms with Gasteiger partial charge < -0.3 is 20.8 Å². The molecule has 3 amide bonds. The number of rotatable bonds is 8. The third-order valence-corrected chi connectivity index (χ3v) is 5.03. The number of imidazole rings is 1. The molecule has 0 unspecified atom stereocenters. The number of hydrogen-bond acceptors (Lipinski definition) is 6. The summed E-state index contributed by atoms with van der Waals surface area (Å²) in [6.45, 7) is 3.79. The molecule has 2 aromatic heterocycles. The van der Waals surface area contributed by atoms with Crippen molar-refractivity contribution in [1.29, 1.82) is 0 Å². The van der Waals surface area contributed by atoms with Gasteiger partial charge in [0.1, 0.15) is 23.0 Å². The number of H-pyrrole nitrogens is 1. The van der Waals surface area contributed by atoms with Crippen LogP contribution < -0.4 is 21.1 Å². The highest BCUT2D eigenvalue weighted by Gasteiger charge is 2.22. The van der Waals surface area contributed by atoms with Crippen LogP contribution in [0.25, 0.3) is 0 Å². The van der Waals surface area contributed by atoms with Gasteiger partial charge in [0.25, 0.3) is 5.91 Å². The van der Waals surface area contributed by atoms with Gasteiger partial charge in [-0.1, -0.05) is 6.07 Å². The van der Waals surface area contributed by atoms with Gasteiger partial charge in [-0.3, -0.25) is 10.1 Å². The molecule has 11 heteroatoms. The number of nitrogens with zero attached hydrogens (tertiary/aromatic N) is 2. The van der Waals surface area contributed by atoms with Gasteiger partial charge in [-0.05, 0) is 42.6 Å². The van der Waals surface area contributed by atoms with Crippen LogP contribution in [0.2, 0.25) is 0 Å². The molecule has 0 saturated carbocycles. The summed E-state index contributed by atoms with van der Waals surface area (Å²) in [5.41, 5.74) is 8.13. The number of carbonyl (C=O) groups is 2. The third kappa shape index (κ3) is 5.11. The van der Waals surface area contributed by atoms with E-state index in [1.165, 1.54) is 6.07 Å². The number of nitrogens with two attached hydrogens (primary N) is 1. The molecule has 158 valence electrons. The zero-order valence-electron chi connectivity index (χ0n) is 16.4. The summed E-state index contributed by atoms with van der Waals surface area (Å²) in [6.07, 6.45) is 3.78. The van der Waals surface area contributed by atoms with Crippen molar-refractivity contribution in [3.63, 3.8) is 0 Å². The fourth-order valence-electron chi connectivity index (χ4n) is 2.83. The highest BCUT2D eigenvalue weighted by Crippen LogP contribution is 2.31. The second kappa shape index (κ2) is 9.35. The van der Waals surface area contributed by atoms with Crippen molar-refractivity contribution in [1.82, 2.24) is 19.7 Å². The van der Waals surface area contributed by atoms with Gasteiger partial charge in [0, 0.05) is 30.4 Å².